The van der Waals surface area contributed by atoms with Crippen LogP contribution in [0.4, 0.5) is 0 Å². The summed E-state index contributed by atoms with van der Waals surface area (Å²) >= 11 is 0. The molecule has 2 heterocycles. The molecule has 1 amide bonds. The lowest BCUT2D eigenvalue weighted by molar-refractivity contribution is -0.121. The summed E-state index contributed by atoms with van der Waals surface area (Å²) in [6.45, 7) is 0.415. The molecule has 1 aliphatic heterocycles. The van der Waals surface area contributed by atoms with Crippen LogP contribution in [0.25, 0.3) is 21.8 Å². The first-order valence-corrected chi connectivity index (χ1v) is 8.97. The second-order valence-corrected chi connectivity index (χ2v) is 6.53. The molecule has 6 nitrogen and oxygen atoms in total. The summed E-state index contributed by atoms with van der Waals surface area (Å²) in [6, 6.07) is 21.7. The molecule has 0 fully saturated rings. The molecule has 0 atom stereocenters. The van der Waals surface area contributed by atoms with Crippen LogP contribution in [0.3, 0.4) is 0 Å². The number of amides is 1. The molecule has 4 aromatic rings. The average molecular weight is 371 g/mol. The first kappa shape index (κ1) is 16.4. The Morgan fingerprint density at radius 2 is 1.64 bits per heavy atom. The Balaban J connectivity index is 1.36. The van der Waals surface area contributed by atoms with Gasteiger partial charge >= 0.3 is 0 Å². The van der Waals surface area contributed by atoms with Crippen LogP contribution in [0, 0.1) is 0 Å². The van der Waals surface area contributed by atoms with E-state index in [1.807, 2.05) is 59.2 Å². The van der Waals surface area contributed by atoms with Gasteiger partial charge in [-0.3, -0.25) is 4.79 Å². The molecule has 1 aliphatic rings. The van der Waals surface area contributed by atoms with E-state index in [1.54, 1.807) is 6.21 Å². The summed E-state index contributed by atoms with van der Waals surface area (Å²) in [5.74, 6) is 1.21. The van der Waals surface area contributed by atoms with Gasteiger partial charge in [0.2, 0.25) is 6.79 Å². The molecule has 1 N–H and O–H groups in total. The molecule has 5 rings (SSSR count). The highest BCUT2D eigenvalue weighted by Crippen LogP contribution is 2.32. The van der Waals surface area contributed by atoms with E-state index in [1.165, 1.54) is 0 Å². The maximum absolute atomic E-state index is 12.5. The van der Waals surface area contributed by atoms with Crippen molar-refractivity contribution in [3.63, 3.8) is 0 Å². The minimum Gasteiger partial charge on any atom is -0.454 e. The van der Waals surface area contributed by atoms with Gasteiger partial charge in [-0.15, -0.1) is 0 Å². The van der Waals surface area contributed by atoms with Crippen molar-refractivity contribution in [2.45, 2.75) is 6.54 Å². The van der Waals surface area contributed by atoms with Crippen LogP contribution < -0.4 is 14.9 Å². The largest absolute Gasteiger partial charge is 0.454 e. The predicted molar refractivity (Wildman–Crippen MR) is 108 cm³/mol. The second kappa shape index (κ2) is 6.74. The Morgan fingerprint density at radius 3 is 2.39 bits per heavy atom. The van der Waals surface area contributed by atoms with Crippen molar-refractivity contribution in [1.29, 1.82) is 0 Å². The number of nitrogens with one attached hydrogen (secondary N) is 1. The van der Waals surface area contributed by atoms with Gasteiger partial charge in [-0.05, 0) is 35.9 Å². The van der Waals surface area contributed by atoms with Crippen LogP contribution in [-0.4, -0.2) is 23.5 Å². The van der Waals surface area contributed by atoms with Crippen molar-refractivity contribution in [2.24, 2.45) is 5.10 Å². The first-order chi connectivity index (χ1) is 13.8. The Morgan fingerprint density at radius 1 is 0.964 bits per heavy atom. The number of carbonyl (C=O) groups is 1. The molecule has 138 valence electrons. The third-order valence-corrected chi connectivity index (χ3v) is 4.78. The van der Waals surface area contributed by atoms with Crippen LogP contribution in [0.15, 0.2) is 71.8 Å². The van der Waals surface area contributed by atoms with Gasteiger partial charge in [0, 0.05) is 21.8 Å². The smallest absolute Gasteiger partial charge is 0.260 e. The number of ether oxygens (including phenoxy) is 2. The minimum atomic E-state index is -0.191. The monoisotopic (exact) mass is 371 g/mol. The van der Waals surface area contributed by atoms with E-state index in [9.17, 15) is 4.79 Å². The van der Waals surface area contributed by atoms with Crippen molar-refractivity contribution in [3.05, 3.63) is 72.3 Å². The van der Waals surface area contributed by atoms with E-state index in [2.05, 4.69) is 22.7 Å². The average Bonchev–Trinajstić information content (AvgIpc) is 3.31. The fourth-order valence-electron chi connectivity index (χ4n) is 3.52. The number of nitrogens with zero attached hydrogens (tertiary/aromatic N) is 2. The van der Waals surface area contributed by atoms with Crippen molar-refractivity contribution in [3.8, 4) is 11.5 Å². The normalized spacial score (nSPS) is 12.9. The van der Waals surface area contributed by atoms with Crippen LogP contribution in [0.1, 0.15) is 5.56 Å². The van der Waals surface area contributed by atoms with Gasteiger partial charge in [-0.1, -0.05) is 36.4 Å². The van der Waals surface area contributed by atoms with Gasteiger partial charge in [0.15, 0.2) is 11.5 Å². The fourth-order valence-corrected chi connectivity index (χ4v) is 3.52. The maximum atomic E-state index is 12.5. The Bertz CT molecular complexity index is 1170. The molecular formula is C22H17N3O3. The number of hydrazone groups is 1. The first-order valence-electron chi connectivity index (χ1n) is 8.97. The standard InChI is InChI=1S/C22H17N3O3/c26-22(24-23-12-15-9-10-20-21(11-15)28-14-27-20)13-25-18-7-3-1-5-16(18)17-6-2-4-8-19(17)25/h1-12H,13-14H2,(H,24,26). The molecule has 0 saturated heterocycles. The van der Waals surface area contributed by atoms with Gasteiger partial charge in [0.1, 0.15) is 6.54 Å². The number of benzene rings is 3. The minimum absolute atomic E-state index is 0.187. The number of para-hydroxylation sites is 2. The molecule has 1 aromatic heterocycles. The molecule has 3 aromatic carbocycles. The zero-order valence-electron chi connectivity index (χ0n) is 15.0. The quantitative estimate of drug-likeness (QED) is 0.440. The summed E-state index contributed by atoms with van der Waals surface area (Å²) in [5.41, 5.74) is 5.48. The highest BCUT2D eigenvalue weighted by Gasteiger charge is 2.13. The second-order valence-electron chi connectivity index (χ2n) is 6.53. The molecule has 0 bridgehead atoms. The fraction of sp³-hybridized carbons (Fsp3) is 0.0909. The van der Waals surface area contributed by atoms with Gasteiger partial charge in [-0.25, -0.2) is 5.43 Å². The Hall–Kier alpha value is -3.80. The molecule has 28 heavy (non-hydrogen) atoms. The Labute approximate surface area is 161 Å². The molecule has 6 heteroatoms. The van der Waals surface area contributed by atoms with Crippen molar-refractivity contribution < 1.29 is 14.3 Å². The van der Waals surface area contributed by atoms with E-state index >= 15 is 0 Å². The SMILES string of the molecule is O=C(Cn1c2ccccc2c2ccccc21)NN=Cc1ccc2c(c1)OCO2. The van der Waals surface area contributed by atoms with Gasteiger partial charge in [-0.2, -0.15) is 5.10 Å². The lowest BCUT2D eigenvalue weighted by Crippen LogP contribution is -2.23. The third kappa shape index (κ3) is 2.85. The number of hydrogen-bond acceptors (Lipinski definition) is 4. The lowest BCUT2D eigenvalue weighted by atomic mass is 10.2. The summed E-state index contributed by atoms with van der Waals surface area (Å²) in [6.07, 6.45) is 1.59. The topological polar surface area (TPSA) is 64.9 Å². The van der Waals surface area contributed by atoms with E-state index in [0.29, 0.717) is 11.5 Å². The van der Waals surface area contributed by atoms with Crippen LogP contribution >= 0.6 is 0 Å². The number of rotatable bonds is 4. The molecule has 0 radical (unpaired) electrons. The van der Waals surface area contributed by atoms with Crippen LogP contribution in [-0.2, 0) is 11.3 Å². The highest BCUT2D eigenvalue weighted by molar-refractivity contribution is 6.08. The summed E-state index contributed by atoms with van der Waals surface area (Å²) in [5, 5.41) is 6.34. The van der Waals surface area contributed by atoms with E-state index in [0.717, 1.165) is 27.4 Å². The van der Waals surface area contributed by atoms with E-state index < -0.39 is 0 Å². The molecule has 0 aliphatic carbocycles. The number of carbonyl (C=O) groups excluding carboxylic acids is 1. The summed E-state index contributed by atoms with van der Waals surface area (Å²) in [7, 11) is 0. The van der Waals surface area contributed by atoms with Crippen LogP contribution in [0.2, 0.25) is 0 Å². The molecular weight excluding hydrogens is 354 g/mol. The van der Waals surface area contributed by atoms with Crippen molar-refractivity contribution >= 4 is 33.9 Å². The maximum Gasteiger partial charge on any atom is 0.260 e. The molecule has 0 unspecified atom stereocenters. The van der Waals surface area contributed by atoms with Crippen molar-refractivity contribution in [1.82, 2.24) is 9.99 Å². The number of aromatic nitrogens is 1. The third-order valence-electron chi connectivity index (χ3n) is 4.78. The zero-order chi connectivity index (χ0) is 18.9. The van der Waals surface area contributed by atoms with E-state index in [4.69, 9.17) is 9.47 Å². The van der Waals surface area contributed by atoms with E-state index in [-0.39, 0.29) is 19.2 Å². The zero-order valence-corrected chi connectivity index (χ0v) is 15.0. The Kier molecular flexibility index (Phi) is 3.94. The highest BCUT2D eigenvalue weighted by atomic mass is 16.7. The molecule has 0 spiro atoms. The predicted octanol–water partition coefficient (Wildman–Crippen LogP) is 3.67. The number of fused-ring (bicyclic) bond motifs is 4. The van der Waals surface area contributed by atoms with Gasteiger partial charge < -0.3 is 14.0 Å². The van der Waals surface area contributed by atoms with Gasteiger partial charge in [0.05, 0.1) is 6.21 Å². The van der Waals surface area contributed by atoms with Crippen LogP contribution in [0.5, 0.6) is 11.5 Å². The summed E-state index contributed by atoms with van der Waals surface area (Å²) in [4.78, 5) is 12.5. The molecule has 0 saturated carbocycles. The lowest BCUT2D eigenvalue weighted by Gasteiger charge is -2.06. The summed E-state index contributed by atoms with van der Waals surface area (Å²) < 4.78 is 12.6. The van der Waals surface area contributed by atoms with Gasteiger partial charge in [0.25, 0.3) is 5.91 Å². The van der Waals surface area contributed by atoms with Crippen molar-refractivity contribution in [2.75, 3.05) is 6.79 Å². The number of hydrogen-bond donors (Lipinski definition) is 1.